The van der Waals surface area contributed by atoms with E-state index in [1.165, 1.54) is 24.5 Å². The number of aromatic nitrogens is 1. The van der Waals surface area contributed by atoms with Crippen LogP contribution in [0.2, 0.25) is 0 Å². The molecule has 0 saturated carbocycles. The number of hydrogen-bond donors (Lipinski definition) is 1. The van der Waals surface area contributed by atoms with Crippen molar-refractivity contribution in [3.8, 4) is 0 Å². The number of nitrogens with one attached hydrogen (secondary N) is 1. The van der Waals surface area contributed by atoms with E-state index in [4.69, 9.17) is 12.2 Å². The van der Waals surface area contributed by atoms with Crippen LogP contribution in [-0.2, 0) is 9.59 Å². The first-order valence-electron chi connectivity index (χ1n) is 7.25. The molecule has 2 aromatic carbocycles. The van der Waals surface area contributed by atoms with Crippen molar-refractivity contribution in [2.24, 2.45) is 0 Å². The highest BCUT2D eigenvalue weighted by Crippen LogP contribution is 2.24. The zero-order valence-electron chi connectivity index (χ0n) is 12.9. The molecule has 1 heterocycles. The zero-order chi connectivity index (χ0) is 17.1. The number of nitrogens with zero attached hydrogens (tertiary/aromatic N) is 1. The number of amides is 1. The highest BCUT2D eigenvalue weighted by molar-refractivity contribution is 7.73. The Morgan fingerprint density at radius 3 is 2.46 bits per heavy atom. The van der Waals surface area contributed by atoms with Crippen molar-refractivity contribution in [2.45, 2.75) is 6.92 Å². The Balaban J connectivity index is 2.03. The molecule has 0 spiro atoms. The van der Waals surface area contributed by atoms with Gasteiger partial charge in [-0.2, -0.15) is 0 Å². The lowest BCUT2D eigenvalue weighted by atomic mass is 10.2. The number of fused-ring (bicyclic) bond motifs is 1. The third-order valence-electron chi connectivity index (χ3n) is 3.43. The van der Waals surface area contributed by atoms with E-state index >= 15 is 0 Å². The van der Waals surface area contributed by atoms with Crippen LogP contribution in [-0.4, -0.2) is 16.3 Å². The largest absolute Gasteiger partial charge is 0.322 e. The lowest BCUT2D eigenvalue weighted by Gasteiger charge is -2.07. The molecular formula is C18H14N2O2S2. The summed E-state index contributed by atoms with van der Waals surface area (Å²) in [6.07, 6.45) is 1.52. The van der Waals surface area contributed by atoms with E-state index in [0.29, 0.717) is 9.64 Å². The molecule has 3 aromatic rings. The molecule has 0 unspecified atom stereocenters. The molecule has 0 aliphatic rings. The lowest BCUT2D eigenvalue weighted by molar-refractivity contribution is -0.118. The molecule has 0 radical (unpaired) electrons. The summed E-state index contributed by atoms with van der Waals surface area (Å²) in [6.45, 7) is 1.37. The molecule has 0 aliphatic carbocycles. The molecule has 1 amide bonds. The molecule has 1 N–H and O–H groups in total. The molecule has 0 saturated heterocycles. The molecular weight excluding hydrogens is 340 g/mol. The van der Waals surface area contributed by atoms with Crippen molar-refractivity contribution in [3.63, 3.8) is 0 Å². The van der Waals surface area contributed by atoms with Gasteiger partial charge in [0.2, 0.25) is 0 Å². The van der Waals surface area contributed by atoms with Gasteiger partial charge in [-0.15, -0.1) is 11.3 Å². The fourth-order valence-electron chi connectivity index (χ4n) is 2.26. The molecule has 3 rings (SSSR count). The Labute approximate surface area is 148 Å². The van der Waals surface area contributed by atoms with Crippen LogP contribution >= 0.6 is 23.6 Å². The van der Waals surface area contributed by atoms with Gasteiger partial charge in [0.05, 0.1) is 15.8 Å². The second-order valence-corrected chi connectivity index (χ2v) is 6.80. The summed E-state index contributed by atoms with van der Waals surface area (Å²) in [5.41, 5.74) is 1.56. The van der Waals surface area contributed by atoms with E-state index in [2.05, 4.69) is 5.32 Å². The molecule has 0 aliphatic heterocycles. The smallest absolute Gasteiger partial charge is 0.260 e. The van der Waals surface area contributed by atoms with E-state index in [1.807, 2.05) is 42.5 Å². The third-order valence-corrected chi connectivity index (χ3v) is 4.82. The predicted molar refractivity (Wildman–Crippen MR) is 101 cm³/mol. The Bertz CT molecular complexity index is 1000. The standard InChI is InChI=1S/C18H14N2O2S2/c1-12(21)14(17(22)19-13-7-3-2-4-8-13)11-20-15-9-5-6-10-16(15)24-18(20)23/h2-11H,1H3,(H,19,22)/b14-11+. The first kappa shape index (κ1) is 16.3. The molecule has 24 heavy (non-hydrogen) atoms. The van der Waals surface area contributed by atoms with Gasteiger partial charge in [-0.3, -0.25) is 14.2 Å². The Morgan fingerprint density at radius 1 is 1.08 bits per heavy atom. The number of para-hydroxylation sites is 2. The highest BCUT2D eigenvalue weighted by Gasteiger charge is 2.16. The van der Waals surface area contributed by atoms with Crippen LogP contribution in [0.4, 0.5) is 5.69 Å². The van der Waals surface area contributed by atoms with Crippen LogP contribution in [0.5, 0.6) is 0 Å². The Hall–Kier alpha value is -2.57. The number of benzene rings is 2. The minimum atomic E-state index is -0.453. The zero-order valence-corrected chi connectivity index (χ0v) is 14.5. The lowest BCUT2D eigenvalue weighted by Crippen LogP contribution is -2.19. The van der Waals surface area contributed by atoms with E-state index in [1.54, 1.807) is 16.7 Å². The normalized spacial score (nSPS) is 11.5. The van der Waals surface area contributed by atoms with Crippen LogP contribution in [0.25, 0.3) is 16.4 Å². The fraction of sp³-hybridized carbons (Fsp3) is 0.0556. The molecule has 120 valence electrons. The van der Waals surface area contributed by atoms with Gasteiger partial charge >= 0.3 is 0 Å². The summed E-state index contributed by atoms with van der Waals surface area (Å²) in [5, 5.41) is 2.73. The van der Waals surface area contributed by atoms with Gasteiger partial charge in [0.1, 0.15) is 0 Å². The van der Waals surface area contributed by atoms with Crippen molar-refractivity contribution in [1.29, 1.82) is 0 Å². The minimum Gasteiger partial charge on any atom is -0.322 e. The van der Waals surface area contributed by atoms with E-state index < -0.39 is 5.91 Å². The van der Waals surface area contributed by atoms with E-state index in [0.717, 1.165) is 10.2 Å². The molecule has 1 aromatic heterocycles. The Morgan fingerprint density at radius 2 is 1.75 bits per heavy atom. The molecule has 4 nitrogen and oxygen atoms in total. The summed E-state index contributed by atoms with van der Waals surface area (Å²) < 4.78 is 3.30. The number of anilines is 1. The number of thiazole rings is 1. The predicted octanol–water partition coefficient (Wildman–Crippen LogP) is 4.50. The average Bonchev–Trinajstić information content (AvgIpc) is 2.88. The monoisotopic (exact) mass is 354 g/mol. The summed E-state index contributed by atoms with van der Waals surface area (Å²) in [6, 6.07) is 16.7. The average molecular weight is 354 g/mol. The maximum absolute atomic E-state index is 12.5. The van der Waals surface area contributed by atoms with Crippen molar-refractivity contribution >= 4 is 57.3 Å². The number of carbonyl (C=O) groups excluding carboxylic acids is 2. The quantitative estimate of drug-likeness (QED) is 0.325. The van der Waals surface area contributed by atoms with Crippen molar-refractivity contribution < 1.29 is 9.59 Å². The summed E-state index contributed by atoms with van der Waals surface area (Å²) in [4.78, 5) is 24.5. The third kappa shape index (κ3) is 3.34. The van der Waals surface area contributed by atoms with Crippen LogP contribution in [0.15, 0.2) is 60.2 Å². The van der Waals surface area contributed by atoms with Gasteiger partial charge in [0.15, 0.2) is 9.74 Å². The molecule has 0 fully saturated rings. The number of ketones is 1. The van der Waals surface area contributed by atoms with Crippen molar-refractivity contribution in [2.75, 3.05) is 5.32 Å². The van der Waals surface area contributed by atoms with Crippen LogP contribution in [0.3, 0.4) is 0 Å². The van der Waals surface area contributed by atoms with Crippen LogP contribution in [0.1, 0.15) is 6.92 Å². The van der Waals surface area contributed by atoms with Crippen LogP contribution < -0.4 is 5.32 Å². The summed E-state index contributed by atoms with van der Waals surface area (Å²) >= 11 is 6.81. The van der Waals surface area contributed by atoms with Gasteiger partial charge in [0, 0.05) is 11.9 Å². The first-order valence-corrected chi connectivity index (χ1v) is 8.48. The van der Waals surface area contributed by atoms with Gasteiger partial charge in [-0.25, -0.2) is 0 Å². The SMILES string of the molecule is CC(=O)/C(=C\n1c(=S)sc2ccccc21)C(=O)Nc1ccccc1. The number of rotatable bonds is 4. The number of carbonyl (C=O) groups is 2. The fourth-order valence-corrected chi connectivity index (χ4v) is 3.54. The maximum atomic E-state index is 12.5. The topological polar surface area (TPSA) is 51.1 Å². The highest BCUT2D eigenvalue weighted by atomic mass is 32.1. The maximum Gasteiger partial charge on any atom is 0.260 e. The van der Waals surface area contributed by atoms with Gasteiger partial charge in [-0.05, 0) is 43.4 Å². The molecule has 0 atom stereocenters. The molecule has 0 bridgehead atoms. The summed E-state index contributed by atoms with van der Waals surface area (Å²) in [5.74, 6) is -0.772. The minimum absolute atomic E-state index is 0.0542. The van der Waals surface area contributed by atoms with Gasteiger partial charge in [0.25, 0.3) is 5.91 Å². The summed E-state index contributed by atoms with van der Waals surface area (Å²) in [7, 11) is 0. The van der Waals surface area contributed by atoms with Gasteiger partial charge < -0.3 is 5.32 Å². The first-order chi connectivity index (χ1) is 11.6. The van der Waals surface area contributed by atoms with Crippen molar-refractivity contribution in [1.82, 2.24) is 4.57 Å². The van der Waals surface area contributed by atoms with Crippen molar-refractivity contribution in [3.05, 3.63) is 64.1 Å². The van der Waals surface area contributed by atoms with E-state index in [9.17, 15) is 9.59 Å². The van der Waals surface area contributed by atoms with Gasteiger partial charge in [-0.1, -0.05) is 30.3 Å². The number of hydrogen-bond acceptors (Lipinski definition) is 4. The molecule has 6 heteroatoms. The van der Waals surface area contributed by atoms with Crippen LogP contribution in [0, 0.1) is 3.95 Å². The second kappa shape index (κ2) is 6.90. The second-order valence-electron chi connectivity index (χ2n) is 5.12. The Kier molecular flexibility index (Phi) is 4.69. The van der Waals surface area contributed by atoms with E-state index in [-0.39, 0.29) is 11.4 Å². The number of Topliss-reactive ketones (excluding diaryl/α,β-unsaturated/α-hetero) is 1.